The molecule has 112 valence electrons. The molecule has 6 nitrogen and oxygen atoms in total. The Morgan fingerprint density at radius 1 is 1.20 bits per heavy atom. The number of hydrogen-bond donors (Lipinski definition) is 3. The second-order valence-electron chi connectivity index (χ2n) is 4.86. The predicted octanol–water partition coefficient (Wildman–Crippen LogP) is 0.484. The summed E-state index contributed by atoms with van der Waals surface area (Å²) in [6.45, 7) is 5.17. The molecule has 0 radical (unpaired) electrons. The molecule has 3 N–H and O–H groups in total. The van der Waals surface area contributed by atoms with Crippen LogP contribution in [-0.2, 0) is 10.0 Å². The topological polar surface area (TPSA) is 95.5 Å². The lowest BCUT2D eigenvalue weighted by Crippen LogP contribution is -2.31. The Kier molecular flexibility index (Phi) is 5.67. The van der Waals surface area contributed by atoms with Crippen LogP contribution < -0.4 is 10.0 Å². The van der Waals surface area contributed by atoms with Gasteiger partial charge in [-0.2, -0.15) is 0 Å². The lowest BCUT2D eigenvalue weighted by Gasteiger charge is -2.10. The van der Waals surface area contributed by atoms with Gasteiger partial charge < -0.3 is 10.4 Å². The summed E-state index contributed by atoms with van der Waals surface area (Å²) in [5.41, 5.74) is 0.342. The van der Waals surface area contributed by atoms with Crippen molar-refractivity contribution in [2.45, 2.75) is 37.8 Å². The van der Waals surface area contributed by atoms with E-state index >= 15 is 0 Å². The number of hydrogen-bond acceptors (Lipinski definition) is 4. The molecule has 0 fully saturated rings. The fraction of sp³-hybridized carbons (Fsp3) is 0.462. The van der Waals surface area contributed by atoms with Crippen molar-refractivity contribution >= 4 is 15.9 Å². The molecule has 1 rings (SSSR count). The Balaban J connectivity index is 2.81. The second kappa shape index (κ2) is 6.83. The maximum absolute atomic E-state index is 11.9. The van der Waals surface area contributed by atoms with Crippen LogP contribution in [0.4, 0.5) is 0 Å². The molecule has 0 aliphatic heterocycles. The zero-order chi connectivity index (χ0) is 15.3. The predicted molar refractivity (Wildman–Crippen MR) is 75.9 cm³/mol. The van der Waals surface area contributed by atoms with Crippen molar-refractivity contribution in [3.8, 4) is 0 Å². The summed E-state index contributed by atoms with van der Waals surface area (Å²) in [7, 11) is -3.55. The van der Waals surface area contributed by atoms with E-state index in [0.717, 1.165) is 0 Å². The number of amides is 1. The molecule has 0 aromatic heterocycles. The Labute approximate surface area is 119 Å². The first-order chi connectivity index (χ1) is 9.22. The van der Waals surface area contributed by atoms with Gasteiger partial charge in [-0.25, -0.2) is 13.1 Å². The third-order valence-corrected chi connectivity index (χ3v) is 4.05. The molecule has 0 unspecified atom stereocenters. The van der Waals surface area contributed by atoms with Gasteiger partial charge in [0.2, 0.25) is 10.0 Å². The van der Waals surface area contributed by atoms with Crippen LogP contribution in [-0.4, -0.2) is 38.1 Å². The van der Waals surface area contributed by atoms with E-state index in [0.29, 0.717) is 5.56 Å². The largest absolute Gasteiger partial charge is 0.392 e. The van der Waals surface area contributed by atoms with Crippen molar-refractivity contribution in [1.82, 2.24) is 10.0 Å². The van der Waals surface area contributed by atoms with Gasteiger partial charge in [-0.3, -0.25) is 4.79 Å². The van der Waals surface area contributed by atoms with E-state index in [1.165, 1.54) is 24.3 Å². The van der Waals surface area contributed by atoms with Crippen molar-refractivity contribution in [3.05, 3.63) is 29.8 Å². The SMILES string of the molecule is CC(C)NS(=O)(=O)c1ccc(C(=O)NC[C@@H](C)O)cc1. The first-order valence-corrected chi connectivity index (χ1v) is 7.79. The standard InChI is InChI=1S/C13H20N2O4S/c1-9(2)15-20(18,19)12-6-4-11(5-7-12)13(17)14-8-10(3)16/h4-7,9-10,15-16H,8H2,1-3H3,(H,14,17)/t10-/m1/s1. The minimum absolute atomic E-state index is 0.110. The van der Waals surface area contributed by atoms with E-state index in [4.69, 9.17) is 5.11 Å². The highest BCUT2D eigenvalue weighted by Crippen LogP contribution is 2.11. The summed E-state index contributed by atoms with van der Waals surface area (Å²) in [5.74, 6) is -0.355. The number of aliphatic hydroxyl groups is 1. The third-order valence-electron chi connectivity index (χ3n) is 2.38. The molecule has 0 bridgehead atoms. The Bertz CT molecular complexity index is 550. The Morgan fingerprint density at radius 2 is 1.75 bits per heavy atom. The summed E-state index contributed by atoms with van der Waals surface area (Å²) in [5, 5.41) is 11.6. The van der Waals surface area contributed by atoms with Gasteiger partial charge in [0.25, 0.3) is 5.91 Å². The van der Waals surface area contributed by atoms with Gasteiger partial charge in [-0.05, 0) is 45.0 Å². The minimum atomic E-state index is -3.55. The van der Waals surface area contributed by atoms with E-state index in [-0.39, 0.29) is 23.4 Å². The first kappa shape index (κ1) is 16.6. The van der Waals surface area contributed by atoms with Crippen molar-refractivity contribution in [1.29, 1.82) is 0 Å². The van der Waals surface area contributed by atoms with Crippen LogP contribution in [0, 0.1) is 0 Å². The molecule has 0 saturated heterocycles. The third kappa shape index (κ3) is 4.92. The molecular weight excluding hydrogens is 280 g/mol. The van der Waals surface area contributed by atoms with E-state index in [1.807, 2.05) is 0 Å². The van der Waals surface area contributed by atoms with Gasteiger partial charge in [0.1, 0.15) is 0 Å². The fourth-order valence-electron chi connectivity index (χ4n) is 1.51. The number of rotatable bonds is 6. The molecule has 0 spiro atoms. The van der Waals surface area contributed by atoms with Crippen LogP contribution >= 0.6 is 0 Å². The van der Waals surface area contributed by atoms with Gasteiger partial charge in [0.15, 0.2) is 0 Å². The average molecular weight is 300 g/mol. The number of carbonyl (C=O) groups is 1. The fourth-order valence-corrected chi connectivity index (χ4v) is 2.76. The maximum Gasteiger partial charge on any atom is 0.251 e. The molecular formula is C13H20N2O4S. The van der Waals surface area contributed by atoms with Gasteiger partial charge in [-0.15, -0.1) is 0 Å². The van der Waals surface area contributed by atoms with Crippen LogP contribution in [0.25, 0.3) is 0 Å². The number of sulfonamides is 1. The summed E-state index contributed by atoms with van der Waals surface area (Å²) in [4.78, 5) is 11.8. The van der Waals surface area contributed by atoms with E-state index in [1.54, 1.807) is 20.8 Å². The zero-order valence-electron chi connectivity index (χ0n) is 11.8. The van der Waals surface area contributed by atoms with Crippen LogP contribution in [0.2, 0.25) is 0 Å². The minimum Gasteiger partial charge on any atom is -0.392 e. The molecule has 1 amide bonds. The van der Waals surface area contributed by atoms with Crippen LogP contribution in [0.3, 0.4) is 0 Å². The molecule has 0 saturated carbocycles. The van der Waals surface area contributed by atoms with Gasteiger partial charge in [0, 0.05) is 18.2 Å². The van der Waals surface area contributed by atoms with E-state index < -0.39 is 16.1 Å². The van der Waals surface area contributed by atoms with E-state index in [9.17, 15) is 13.2 Å². The van der Waals surface area contributed by atoms with Gasteiger partial charge in [0.05, 0.1) is 11.0 Å². The van der Waals surface area contributed by atoms with Crippen molar-refractivity contribution in [3.63, 3.8) is 0 Å². The number of benzene rings is 1. The molecule has 0 aliphatic carbocycles. The van der Waals surface area contributed by atoms with Crippen LogP contribution in [0.5, 0.6) is 0 Å². The van der Waals surface area contributed by atoms with Gasteiger partial charge >= 0.3 is 0 Å². The van der Waals surface area contributed by atoms with Crippen LogP contribution in [0.1, 0.15) is 31.1 Å². The Morgan fingerprint density at radius 3 is 2.20 bits per heavy atom. The first-order valence-electron chi connectivity index (χ1n) is 6.31. The highest BCUT2D eigenvalue weighted by molar-refractivity contribution is 7.89. The molecule has 7 heteroatoms. The normalized spacial score (nSPS) is 13.2. The lowest BCUT2D eigenvalue weighted by atomic mass is 10.2. The summed E-state index contributed by atoms with van der Waals surface area (Å²) >= 11 is 0. The zero-order valence-corrected chi connectivity index (χ0v) is 12.6. The second-order valence-corrected chi connectivity index (χ2v) is 6.57. The molecule has 1 atom stereocenters. The highest BCUT2D eigenvalue weighted by atomic mass is 32.2. The van der Waals surface area contributed by atoms with Crippen LogP contribution in [0.15, 0.2) is 29.2 Å². The summed E-state index contributed by atoms with van der Waals surface area (Å²) in [6.07, 6.45) is -0.631. The van der Waals surface area contributed by atoms with Crippen molar-refractivity contribution in [2.75, 3.05) is 6.54 Å². The molecule has 20 heavy (non-hydrogen) atoms. The summed E-state index contributed by atoms with van der Waals surface area (Å²) in [6, 6.07) is 5.43. The smallest absolute Gasteiger partial charge is 0.251 e. The molecule has 1 aromatic rings. The van der Waals surface area contributed by atoms with Crippen molar-refractivity contribution in [2.24, 2.45) is 0 Å². The number of nitrogens with one attached hydrogen (secondary N) is 2. The molecule has 0 aliphatic rings. The maximum atomic E-state index is 11.9. The quantitative estimate of drug-likeness (QED) is 0.712. The average Bonchev–Trinajstić information content (AvgIpc) is 2.34. The molecule has 1 aromatic carbocycles. The van der Waals surface area contributed by atoms with Crippen molar-refractivity contribution < 1.29 is 18.3 Å². The summed E-state index contributed by atoms with van der Waals surface area (Å²) < 4.78 is 26.3. The van der Waals surface area contributed by atoms with E-state index in [2.05, 4.69) is 10.0 Å². The van der Waals surface area contributed by atoms with Gasteiger partial charge in [-0.1, -0.05) is 0 Å². The number of aliphatic hydroxyl groups excluding tert-OH is 1. The number of carbonyl (C=O) groups excluding carboxylic acids is 1. The molecule has 0 heterocycles. The monoisotopic (exact) mass is 300 g/mol. The Hall–Kier alpha value is -1.44. The highest BCUT2D eigenvalue weighted by Gasteiger charge is 2.16. The lowest BCUT2D eigenvalue weighted by molar-refractivity contribution is 0.0924.